The van der Waals surface area contributed by atoms with E-state index in [-0.39, 0.29) is 12.6 Å². The first-order valence-electron chi connectivity index (χ1n) is 5.55. The smallest absolute Gasteiger partial charge is 0.129 e. The number of hydrogen-bond acceptors (Lipinski definition) is 4. The highest BCUT2D eigenvalue weighted by molar-refractivity contribution is 7.10. The third-order valence-electron chi connectivity index (χ3n) is 2.85. The highest BCUT2D eigenvalue weighted by Crippen LogP contribution is 2.26. The van der Waals surface area contributed by atoms with Crippen LogP contribution >= 0.6 is 11.3 Å². The van der Waals surface area contributed by atoms with Crippen molar-refractivity contribution in [2.24, 2.45) is 0 Å². The van der Waals surface area contributed by atoms with Crippen molar-refractivity contribution in [2.75, 3.05) is 11.9 Å². The minimum absolute atomic E-state index is 0.0188. The summed E-state index contributed by atoms with van der Waals surface area (Å²) in [6.45, 7) is 2.13. The fraction of sp³-hybridized carbons (Fsp3) is 0.308. The molecule has 2 heterocycles. The number of rotatable bonds is 4. The number of hydrogen-bond donors (Lipinski definition) is 1. The second-order valence-corrected chi connectivity index (χ2v) is 4.93. The summed E-state index contributed by atoms with van der Waals surface area (Å²) in [5, 5.41) is 11.2. The molecule has 1 atom stereocenters. The first-order valence-corrected chi connectivity index (χ1v) is 6.43. The van der Waals surface area contributed by atoms with E-state index in [2.05, 4.69) is 34.3 Å². The number of aliphatic hydroxyl groups excluding tert-OH is 1. The zero-order chi connectivity index (χ0) is 12.3. The van der Waals surface area contributed by atoms with E-state index >= 15 is 0 Å². The first-order chi connectivity index (χ1) is 8.22. The minimum Gasteiger partial charge on any atom is -0.390 e. The lowest BCUT2D eigenvalue weighted by atomic mass is 10.2. The lowest BCUT2D eigenvalue weighted by molar-refractivity contribution is 0.277. The van der Waals surface area contributed by atoms with Crippen molar-refractivity contribution in [1.29, 1.82) is 0 Å². The van der Waals surface area contributed by atoms with E-state index in [9.17, 15) is 0 Å². The Hall–Kier alpha value is -1.39. The minimum atomic E-state index is -0.0188. The molecule has 2 aromatic heterocycles. The van der Waals surface area contributed by atoms with Gasteiger partial charge in [-0.2, -0.15) is 0 Å². The number of pyridine rings is 1. The molecule has 1 unspecified atom stereocenters. The van der Waals surface area contributed by atoms with Crippen molar-refractivity contribution in [1.82, 2.24) is 4.98 Å². The van der Waals surface area contributed by atoms with Crippen LogP contribution in [0.1, 0.15) is 23.5 Å². The van der Waals surface area contributed by atoms with Gasteiger partial charge in [0.15, 0.2) is 0 Å². The largest absolute Gasteiger partial charge is 0.390 e. The number of aromatic nitrogens is 1. The van der Waals surface area contributed by atoms with Crippen molar-refractivity contribution in [2.45, 2.75) is 19.6 Å². The fourth-order valence-electron chi connectivity index (χ4n) is 1.67. The predicted molar refractivity (Wildman–Crippen MR) is 71.3 cm³/mol. The standard InChI is InChI=1S/C13H16N2OS/c1-10(12-6-4-8-17-12)15(2)13-7-3-5-11(9-16)14-13/h3-8,10,16H,9H2,1-2H3. The third-order valence-corrected chi connectivity index (χ3v) is 3.89. The Balaban J connectivity index is 2.21. The van der Waals surface area contributed by atoms with Gasteiger partial charge in [0.2, 0.25) is 0 Å². The predicted octanol–water partition coefficient (Wildman–Crippen LogP) is 2.83. The van der Waals surface area contributed by atoms with Crippen LogP contribution < -0.4 is 4.90 Å². The van der Waals surface area contributed by atoms with Gasteiger partial charge in [0.25, 0.3) is 0 Å². The average molecular weight is 248 g/mol. The van der Waals surface area contributed by atoms with Crippen LogP contribution in [-0.2, 0) is 6.61 Å². The maximum absolute atomic E-state index is 9.09. The number of aliphatic hydroxyl groups is 1. The average Bonchev–Trinajstić information content (AvgIpc) is 2.91. The van der Waals surface area contributed by atoms with Gasteiger partial charge >= 0.3 is 0 Å². The summed E-state index contributed by atoms with van der Waals surface area (Å²) in [5.41, 5.74) is 0.702. The molecule has 17 heavy (non-hydrogen) atoms. The quantitative estimate of drug-likeness (QED) is 0.904. The lowest BCUT2D eigenvalue weighted by Crippen LogP contribution is -2.22. The molecule has 0 aliphatic carbocycles. The Morgan fingerprint density at radius 1 is 1.35 bits per heavy atom. The molecule has 0 radical (unpaired) electrons. The summed E-state index contributed by atoms with van der Waals surface area (Å²) >= 11 is 1.75. The Labute approximate surface area is 105 Å². The van der Waals surface area contributed by atoms with Gasteiger partial charge in [-0.25, -0.2) is 4.98 Å². The van der Waals surface area contributed by atoms with Crippen molar-refractivity contribution in [3.05, 3.63) is 46.3 Å². The van der Waals surface area contributed by atoms with Crippen LogP contribution in [0.15, 0.2) is 35.7 Å². The molecule has 0 aliphatic rings. The normalized spacial score (nSPS) is 12.4. The summed E-state index contributed by atoms with van der Waals surface area (Å²) in [6.07, 6.45) is 0. The van der Waals surface area contributed by atoms with Crippen molar-refractivity contribution in [3.63, 3.8) is 0 Å². The van der Waals surface area contributed by atoms with E-state index in [1.165, 1.54) is 4.88 Å². The molecular weight excluding hydrogens is 232 g/mol. The molecule has 0 aliphatic heterocycles. The van der Waals surface area contributed by atoms with E-state index in [1.54, 1.807) is 11.3 Å². The second kappa shape index (κ2) is 5.29. The molecule has 0 bridgehead atoms. The fourth-order valence-corrected chi connectivity index (χ4v) is 2.50. The molecule has 0 amide bonds. The summed E-state index contributed by atoms with van der Waals surface area (Å²) in [7, 11) is 2.02. The molecule has 1 N–H and O–H groups in total. The van der Waals surface area contributed by atoms with E-state index in [0.29, 0.717) is 5.69 Å². The summed E-state index contributed by atoms with van der Waals surface area (Å²) < 4.78 is 0. The highest BCUT2D eigenvalue weighted by Gasteiger charge is 2.14. The Bertz CT molecular complexity index is 470. The number of anilines is 1. The molecular formula is C13H16N2OS. The maximum Gasteiger partial charge on any atom is 0.129 e. The first kappa shape index (κ1) is 12.1. The van der Waals surface area contributed by atoms with Gasteiger partial charge in [-0.3, -0.25) is 0 Å². The lowest BCUT2D eigenvalue weighted by Gasteiger charge is -2.25. The molecule has 0 spiro atoms. The number of nitrogens with zero attached hydrogens (tertiary/aromatic N) is 2. The monoisotopic (exact) mass is 248 g/mol. The van der Waals surface area contributed by atoms with Crippen molar-refractivity contribution >= 4 is 17.2 Å². The molecule has 0 saturated heterocycles. The van der Waals surface area contributed by atoms with Gasteiger partial charge in [-0.15, -0.1) is 11.3 Å². The van der Waals surface area contributed by atoms with Gasteiger partial charge in [0, 0.05) is 11.9 Å². The highest BCUT2D eigenvalue weighted by atomic mass is 32.1. The zero-order valence-corrected chi connectivity index (χ0v) is 10.8. The van der Waals surface area contributed by atoms with Crippen LogP contribution in [0, 0.1) is 0 Å². The molecule has 0 saturated carbocycles. The SMILES string of the molecule is CC(c1cccs1)N(C)c1cccc(CO)n1. The summed E-state index contributed by atoms with van der Waals surface area (Å²) in [6, 6.07) is 10.2. The van der Waals surface area contributed by atoms with Crippen molar-refractivity contribution < 1.29 is 5.11 Å². The van der Waals surface area contributed by atoms with Gasteiger partial charge < -0.3 is 10.0 Å². The Morgan fingerprint density at radius 2 is 2.18 bits per heavy atom. The third kappa shape index (κ3) is 2.65. The maximum atomic E-state index is 9.09. The molecule has 2 aromatic rings. The van der Waals surface area contributed by atoms with Crippen LogP contribution in [0.4, 0.5) is 5.82 Å². The summed E-state index contributed by atoms with van der Waals surface area (Å²) in [5.74, 6) is 0.887. The molecule has 2 rings (SSSR count). The Morgan fingerprint density at radius 3 is 2.82 bits per heavy atom. The zero-order valence-electron chi connectivity index (χ0n) is 10.00. The van der Waals surface area contributed by atoms with E-state index in [4.69, 9.17) is 5.11 Å². The van der Waals surface area contributed by atoms with Gasteiger partial charge in [-0.05, 0) is 30.5 Å². The topological polar surface area (TPSA) is 36.4 Å². The van der Waals surface area contributed by atoms with Crippen LogP contribution in [0.5, 0.6) is 0 Å². The second-order valence-electron chi connectivity index (χ2n) is 3.95. The van der Waals surface area contributed by atoms with Crippen LogP contribution in [0.25, 0.3) is 0 Å². The van der Waals surface area contributed by atoms with Gasteiger partial charge in [0.05, 0.1) is 18.3 Å². The van der Waals surface area contributed by atoms with Crippen LogP contribution in [0.3, 0.4) is 0 Å². The van der Waals surface area contributed by atoms with Crippen LogP contribution in [0.2, 0.25) is 0 Å². The molecule has 0 fully saturated rings. The number of thiophene rings is 1. The van der Waals surface area contributed by atoms with E-state index in [0.717, 1.165) is 5.82 Å². The molecule has 90 valence electrons. The van der Waals surface area contributed by atoms with E-state index < -0.39 is 0 Å². The van der Waals surface area contributed by atoms with Gasteiger partial charge in [-0.1, -0.05) is 12.1 Å². The molecule has 4 heteroatoms. The van der Waals surface area contributed by atoms with Crippen molar-refractivity contribution in [3.8, 4) is 0 Å². The van der Waals surface area contributed by atoms with Crippen LogP contribution in [-0.4, -0.2) is 17.1 Å². The van der Waals surface area contributed by atoms with E-state index in [1.807, 2.05) is 25.2 Å². The Kier molecular flexibility index (Phi) is 3.76. The molecule has 0 aromatic carbocycles. The van der Waals surface area contributed by atoms with Gasteiger partial charge in [0.1, 0.15) is 5.82 Å². The summed E-state index contributed by atoms with van der Waals surface area (Å²) in [4.78, 5) is 7.83. The molecule has 3 nitrogen and oxygen atoms in total.